The average molecular weight is 823 g/mol. The van der Waals surface area contributed by atoms with Gasteiger partial charge in [-0.25, -0.2) is 9.59 Å². The lowest BCUT2D eigenvalue weighted by Crippen LogP contribution is -2.62. The summed E-state index contributed by atoms with van der Waals surface area (Å²) in [5.74, 6) is -1.80. The van der Waals surface area contributed by atoms with E-state index < -0.39 is 60.3 Å². The number of pyridine rings is 2. The Hall–Kier alpha value is -5.86. The zero-order valence-corrected chi connectivity index (χ0v) is 36.0. The zero-order valence-electron chi connectivity index (χ0n) is 36.0. The Bertz CT molecular complexity index is 1820. The van der Waals surface area contributed by atoms with E-state index in [-0.39, 0.29) is 37.8 Å². The van der Waals surface area contributed by atoms with Crippen molar-refractivity contribution in [3.8, 4) is 0 Å². The van der Waals surface area contributed by atoms with Crippen molar-refractivity contribution < 1.29 is 29.4 Å². The Labute approximate surface area is 354 Å². The van der Waals surface area contributed by atoms with E-state index in [0.717, 1.165) is 22.3 Å². The number of nitrogens with one attached hydrogen (secondary N) is 4. The molecule has 0 saturated carbocycles. The van der Waals surface area contributed by atoms with E-state index in [1.54, 1.807) is 78.4 Å². The Balaban J connectivity index is 1.59. The van der Waals surface area contributed by atoms with Gasteiger partial charge in [-0.1, -0.05) is 99.5 Å². The molecule has 0 aliphatic rings. The second-order valence-electron chi connectivity index (χ2n) is 16.3. The fourth-order valence-corrected chi connectivity index (χ4v) is 6.66. The molecule has 0 fully saturated rings. The summed E-state index contributed by atoms with van der Waals surface area (Å²) in [4.78, 5) is 66.3. The van der Waals surface area contributed by atoms with E-state index in [9.17, 15) is 29.4 Å². The monoisotopic (exact) mass is 822 g/mol. The number of aliphatic hydroxyl groups is 2. The number of amides is 6. The van der Waals surface area contributed by atoms with Gasteiger partial charge in [0.2, 0.25) is 11.8 Å². The van der Waals surface area contributed by atoms with Crippen LogP contribution in [-0.2, 0) is 35.5 Å². The summed E-state index contributed by atoms with van der Waals surface area (Å²) >= 11 is 0. The third kappa shape index (κ3) is 14.2. The SMILES string of the molecule is Cc1ccc(C[C@H](NC(=O)[C@@H](NC(=O)N(C)Cc2ccccn2)C(C)C)[C@H](O)[C@H](O)[C@H](Cc2ccc(C)cc2)NC(=O)[C@@H](NC(=O)N(C)Cc2ccccn2)C(C)C)cc1. The Kier molecular flexibility index (Phi) is 17.6. The number of nitrogens with zero attached hydrogens (tertiary/aromatic N) is 4. The number of hydrogen-bond acceptors (Lipinski definition) is 8. The number of urea groups is 2. The molecule has 6 amide bonds. The first-order valence-electron chi connectivity index (χ1n) is 20.4. The second-order valence-corrected chi connectivity index (χ2v) is 16.3. The van der Waals surface area contributed by atoms with E-state index in [0.29, 0.717) is 11.4 Å². The van der Waals surface area contributed by atoms with Gasteiger partial charge in [0.25, 0.3) is 0 Å². The van der Waals surface area contributed by atoms with Crippen LogP contribution in [-0.4, -0.2) is 104 Å². The first kappa shape index (κ1) is 46.8. The van der Waals surface area contributed by atoms with Crippen LogP contribution in [0.5, 0.6) is 0 Å². The maximum atomic E-state index is 14.1. The lowest BCUT2D eigenvalue weighted by Gasteiger charge is -2.35. The normalized spacial score (nSPS) is 14.3. The van der Waals surface area contributed by atoms with Gasteiger partial charge < -0.3 is 41.3 Å². The number of aliphatic hydroxyl groups excluding tert-OH is 2. The number of aromatic nitrogens is 2. The summed E-state index contributed by atoms with van der Waals surface area (Å²) in [5, 5.41) is 35.8. The van der Waals surface area contributed by atoms with Crippen LogP contribution in [0.1, 0.15) is 61.3 Å². The summed E-state index contributed by atoms with van der Waals surface area (Å²) in [6, 6.07) is 20.9. The lowest BCUT2D eigenvalue weighted by molar-refractivity contribution is -0.129. The standard InChI is InChI=1S/C46H62N8O6/c1-29(2)39(51-45(59)53(7)27-35-13-9-11-23-47-35)43(57)49-37(25-33-19-15-31(5)16-20-33)41(55)42(56)38(26-34-21-17-32(6)18-22-34)50-44(58)40(30(3)4)52-46(60)54(8)28-36-14-10-12-24-48-36/h9-24,29-30,37-42,55-56H,25-28H2,1-8H3,(H,49,57)(H,50,58)(H,51,59)(H,52,60)/t37-,38-,39-,40-,41-,42+/m0/s1. The average Bonchev–Trinajstić information content (AvgIpc) is 3.22. The summed E-state index contributed by atoms with van der Waals surface area (Å²) in [7, 11) is 3.22. The molecule has 2 aromatic heterocycles. The molecule has 0 spiro atoms. The largest absolute Gasteiger partial charge is 0.388 e. The van der Waals surface area contributed by atoms with Crippen LogP contribution < -0.4 is 21.3 Å². The van der Waals surface area contributed by atoms with Crippen LogP contribution in [0.4, 0.5) is 9.59 Å². The molecule has 14 nitrogen and oxygen atoms in total. The molecular weight excluding hydrogens is 761 g/mol. The molecule has 2 heterocycles. The molecule has 4 rings (SSSR count). The summed E-state index contributed by atoms with van der Waals surface area (Å²) in [6.45, 7) is 11.6. The van der Waals surface area contributed by atoms with Crippen LogP contribution in [0.25, 0.3) is 0 Å². The summed E-state index contributed by atoms with van der Waals surface area (Å²) in [6.07, 6.45) is 0.335. The van der Waals surface area contributed by atoms with E-state index in [1.807, 2.05) is 74.5 Å². The highest BCUT2D eigenvalue weighted by Crippen LogP contribution is 2.18. The highest BCUT2D eigenvalue weighted by Gasteiger charge is 2.38. The lowest BCUT2D eigenvalue weighted by atomic mass is 9.90. The zero-order chi connectivity index (χ0) is 43.9. The Morgan fingerprint density at radius 2 is 0.900 bits per heavy atom. The molecule has 0 saturated heterocycles. The molecule has 0 aliphatic carbocycles. The minimum absolute atomic E-state index is 0.126. The third-order valence-corrected chi connectivity index (χ3v) is 10.4. The van der Waals surface area contributed by atoms with Crippen molar-refractivity contribution in [3.05, 3.63) is 131 Å². The fourth-order valence-electron chi connectivity index (χ4n) is 6.66. The molecule has 322 valence electrons. The van der Waals surface area contributed by atoms with Gasteiger partial charge >= 0.3 is 12.1 Å². The molecule has 0 bridgehead atoms. The molecule has 2 aromatic carbocycles. The van der Waals surface area contributed by atoms with Crippen LogP contribution >= 0.6 is 0 Å². The van der Waals surface area contributed by atoms with Crippen molar-refractivity contribution in [3.63, 3.8) is 0 Å². The van der Waals surface area contributed by atoms with Crippen molar-refractivity contribution in [1.82, 2.24) is 41.0 Å². The smallest absolute Gasteiger partial charge is 0.318 e. The molecule has 0 unspecified atom stereocenters. The fraction of sp³-hybridized carbons (Fsp3) is 0.435. The highest BCUT2D eigenvalue weighted by molar-refractivity contribution is 5.88. The number of carbonyl (C=O) groups excluding carboxylic acids is 4. The van der Waals surface area contributed by atoms with Crippen molar-refractivity contribution >= 4 is 23.9 Å². The minimum atomic E-state index is -1.60. The van der Waals surface area contributed by atoms with Crippen LogP contribution in [0.15, 0.2) is 97.3 Å². The van der Waals surface area contributed by atoms with Gasteiger partial charge in [-0.3, -0.25) is 19.6 Å². The number of rotatable bonds is 19. The summed E-state index contributed by atoms with van der Waals surface area (Å²) < 4.78 is 0. The van der Waals surface area contributed by atoms with Crippen molar-refractivity contribution in [2.24, 2.45) is 11.8 Å². The Morgan fingerprint density at radius 1 is 0.550 bits per heavy atom. The molecule has 14 heteroatoms. The first-order chi connectivity index (χ1) is 28.5. The van der Waals surface area contributed by atoms with Gasteiger partial charge in [-0.2, -0.15) is 0 Å². The van der Waals surface area contributed by atoms with Crippen molar-refractivity contribution in [2.45, 2.75) is 104 Å². The van der Waals surface area contributed by atoms with E-state index in [2.05, 4.69) is 31.2 Å². The molecular formula is C46H62N8O6. The maximum Gasteiger partial charge on any atom is 0.318 e. The Morgan fingerprint density at radius 3 is 1.20 bits per heavy atom. The van der Waals surface area contributed by atoms with Gasteiger partial charge in [0.15, 0.2) is 0 Å². The molecule has 4 aromatic rings. The van der Waals surface area contributed by atoms with E-state index in [4.69, 9.17) is 0 Å². The van der Waals surface area contributed by atoms with Crippen molar-refractivity contribution in [2.75, 3.05) is 14.1 Å². The van der Waals surface area contributed by atoms with Gasteiger partial charge in [0.1, 0.15) is 24.3 Å². The van der Waals surface area contributed by atoms with Crippen LogP contribution in [0.2, 0.25) is 0 Å². The first-order valence-corrected chi connectivity index (χ1v) is 20.4. The van der Waals surface area contributed by atoms with Gasteiger partial charge in [-0.05, 0) is 73.9 Å². The molecule has 0 aliphatic heterocycles. The number of aryl methyl sites for hydroxylation is 2. The third-order valence-electron chi connectivity index (χ3n) is 10.4. The van der Waals surface area contributed by atoms with Gasteiger partial charge in [0.05, 0.1) is 36.6 Å². The van der Waals surface area contributed by atoms with Crippen LogP contribution in [0.3, 0.4) is 0 Å². The topological polar surface area (TPSA) is 189 Å². The maximum absolute atomic E-state index is 14.1. The predicted molar refractivity (Wildman–Crippen MR) is 231 cm³/mol. The van der Waals surface area contributed by atoms with E-state index >= 15 is 0 Å². The van der Waals surface area contributed by atoms with Crippen LogP contribution in [0, 0.1) is 25.7 Å². The van der Waals surface area contributed by atoms with Crippen molar-refractivity contribution in [1.29, 1.82) is 0 Å². The number of benzene rings is 2. The molecule has 0 radical (unpaired) electrons. The van der Waals surface area contributed by atoms with E-state index in [1.165, 1.54) is 9.80 Å². The quantitative estimate of drug-likeness (QED) is 0.0808. The molecule has 60 heavy (non-hydrogen) atoms. The summed E-state index contributed by atoms with van der Waals surface area (Å²) in [5.41, 5.74) is 4.97. The minimum Gasteiger partial charge on any atom is -0.388 e. The number of hydrogen-bond donors (Lipinski definition) is 6. The van der Waals surface area contributed by atoms with Gasteiger partial charge in [0, 0.05) is 26.5 Å². The number of carbonyl (C=O) groups is 4. The predicted octanol–water partition coefficient (Wildman–Crippen LogP) is 4.30. The van der Waals surface area contributed by atoms with Gasteiger partial charge in [-0.15, -0.1) is 0 Å². The highest BCUT2D eigenvalue weighted by atomic mass is 16.3. The molecule has 6 N–H and O–H groups in total. The second kappa shape index (κ2) is 22.5. The molecule has 6 atom stereocenters.